The Balaban J connectivity index is 2.16. The summed E-state index contributed by atoms with van der Waals surface area (Å²) in [7, 11) is 0. The van der Waals surface area contributed by atoms with Crippen molar-refractivity contribution in [3.8, 4) is 0 Å². The molecule has 0 aliphatic rings. The maximum absolute atomic E-state index is 5.97. The third-order valence-electron chi connectivity index (χ3n) is 2.83. The highest BCUT2D eigenvalue weighted by Gasteiger charge is 2.04. The normalized spacial score (nSPS) is 10.7. The molecular weight excluding hydrogens is 296 g/mol. The van der Waals surface area contributed by atoms with Crippen LogP contribution in [0, 0.1) is 11.6 Å². The van der Waals surface area contributed by atoms with E-state index in [2.05, 4.69) is 16.9 Å². The summed E-state index contributed by atoms with van der Waals surface area (Å²) in [4.78, 5) is 8.91. The predicted molar refractivity (Wildman–Crippen MR) is 84.5 cm³/mol. The lowest BCUT2D eigenvalue weighted by Crippen LogP contribution is -2.01. The Morgan fingerprint density at radius 3 is 2.89 bits per heavy atom. The Bertz CT molecular complexity index is 638. The number of halogens is 1. The Labute approximate surface area is 127 Å². The van der Waals surface area contributed by atoms with Gasteiger partial charge < -0.3 is 4.98 Å². The van der Waals surface area contributed by atoms with Gasteiger partial charge in [0.1, 0.15) is 10.5 Å². The molecule has 1 aromatic heterocycles. The molecule has 0 unspecified atom stereocenters. The van der Waals surface area contributed by atoms with Gasteiger partial charge in [0.25, 0.3) is 0 Å². The number of rotatable bonds is 4. The average molecular weight is 311 g/mol. The van der Waals surface area contributed by atoms with E-state index in [1.807, 2.05) is 31.2 Å². The minimum absolute atomic E-state index is 0.692. The third-order valence-corrected chi connectivity index (χ3v) is 4.47. The summed E-state index contributed by atoms with van der Waals surface area (Å²) in [5.41, 5.74) is 2.25. The van der Waals surface area contributed by atoms with Crippen molar-refractivity contribution in [2.24, 2.45) is 0 Å². The molecule has 5 heteroatoms. The Kier molecular flexibility index (Phi) is 5.02. The van der Waals surface area contributed by atoms with Crippen LogP contribution in [-0.4, -0.2) is 9.97 Å². The van der Waals surface area contributed by atoms with Crippen molar-refractivity contribution in [1.82, 2.24) is 9.97 Å². The molecule has 2 rings (SSSR count). The summed E-state index contributed by atoms with van der Waals surface area (Å²) in [6.07, 6.45) is 0.937. The molecule has 0 spiro atoms. The van der Waals surface area contributed by atoms with Gasteiger partial charge in [0.05, 0.1) is 5.75 Å². The molecule has 0 aliphatic heterocycles. The first-order chi connectivity index (χ1) is 9.10. The maximum atomic E-state index is 5.97. The first-order valence-electron chi connectivity index (χ1n) is 6.07. The van der Waals surface area contributed by atoms with Crippen LogP contribution in [0.4, 0.5) is 0 Å². The number of aromatic amines is 1. The van der Waals surface area contributed by atoms with Gasteiger partial charge in [-0.25, -0.2) is 4.98 Å². The van der Waals surface area contributed by atoms with Crippen molar-refractivity contribution < 1.29 is 0 Å². The van der Waals surface area contributed by atoms with Crippen LogP contribution in [0.3, 0.4) is 0 Å². The predicted octanol–water partition coefficient (Wildman–Crippen LogP) is 4.96. The molecule has 0 atom stereocenters. The Morgan fingerprint density at radius 2 is 2.21 bits per heavy atom. The van der Waals surface area contributed by atoms with E-state index in [1.165, 1.54) is 5.69 Å². The molecule has 0 amide bonds. The molecule has 1 aromatic carbocycles. The fourth-order valence-corrected chi connectivity index (χ4v) is 3.08. The van der Waals surface area contributed by atoms with E-state index in [-0.39, 0.29) is 0 Å². The summed E-state index contributed by atoms with van der Waals surface area (Å²) in [6.45, 7) is 4.13. The zero-order valence-corrected chi connectivity index (χ0v) is 13.3. The van der Waals surface area contributed by atoms with Gasteiger partial charge in [0, 0.05) is 21.2 Å². The summed E-state index contributed by atoms with van der Waals surface area (Å²) in [5, 5.41) is 0.754. The van der Waals surface area contributed by atoms with E-state index in [0.29, 0.717) is 4.64 Å². The molecule has 0 bridgehead atoms. The van der Waals surface area contributed by atoms with Gasteiger partial charge in [0.15, 0.2) is 0 Å². The van der Waals surface area contributed by atoms with E-state index in [9.17, 15) is 0 Å². The van der Waals surface area contributed by atoms with E-state index < -0.39 is 0 Å². The molecule has 100 valence electrons. The van der Waals surface area contributed by atoms with Crippen molar-refractivity contribution in [2.45, 2.75) is 30.9 Å². The first-order valence-corrected chi connectivity index (χ1v) is 7.84. The third kappa shape index (κ3) is 3.81. The molecule has 1 heterocycles. The van der Waals surface area contributed by atoms with Gasteiger partial charge in [0.2, 0.25) is 0 Å². The van der Waals surface area contributed by atoms with Crippen LogP contribution in [-0.2, 0) is 12.2 Å². The highest BCUT2D eigenvalue weighted by atomic mass is 35.5. The van der Waals surface area contributed by atoms with Gasteiger partial charge in [-0.05, 0) is 31.5 Å². The van der Waals surface area contributed by atoms with Crippen molar-refractivity contribution in [3.63, 3.8) is 0 Å². The van der Waals surface area contributed by atoms with E-state index in [0.717, 1.165) is 33.5 Å². The molecule has 1 N–H and O–H groups in total. The highest BCUT2D eigenvalue weighted by Crippen LogP contribution is 2.24. The number of benzene rings is 1. The van der Waals surface area contributed by atoms with Gasteiger partial charge >= 0.3 is 0 Å². The van der Waals surface area contributed by atoms with Crippen LogP contribution in [0.15, 0.2) is 29.2 Å². The van der Waals surface area contributed by atoms with Crippen LogP contribution >= 0.6 is 35.6 Å². The van der Waals surface area contributed by atoms with Crippen LogP contribution in [0.1, 0.15) is 24.0 Å². The minimum atomic E-state index is 0.692. The van der Waals surface area contributed by atoms with Crippen LogP contribution in [0.25, 0.3) is 0 Å². The number of H-pyrrole nitrogens is 1. The number of hydrogen-bond donors (Lipinski definition) is 1. The Hall–Kier alpha value is -0.840. The van der Waals surface area contributed by atoms with Crippen molar-refractivity contribution in [3.05, 3.63) is 51.0 Å². The Morgan fingerprint density at radius 1 is 1.42 bits per heavy atom. The summed E-state index contributed by atoms with van der Waals surface area (Å²) in [6, 6.07) is 7.82. The topological polar surface area (TPSA) is 28.7 Å². The van der Waals surface area contributed by atoms with E-state index in [1.54, 1.807) is 11.8 Å². The summed E-state index contributed by atoms with van der Waals surface area (Å²) in [5.74, 6) is 1.68. The molecule has 0 saturated heterocycles. The van der Waals surface area contributed by atoms with Crippen molar-refractivity contribution in [1.29, 1.82) is 0 Å². The van der Waals surface area contributed by atoms with Crippen LogP contribution in [0.5, 0.6) is 0 Å². The largest absolute Gasteiger partial charge is 0.346 e. The number of thioether (sulfide) groups is 1. The number of hydrogen-bond acceptors (Lipinski definition) is 3. The zero-order chi connectivity index (χ0) is 13.8. The number of nitrogens with one attached hydrogen (secondary N) is 1. The SMILES string of the molecule is CCc1[nH]c(CSc2cccc(Cl)c2)nc(=S)c1C. The second kappa shape index (κ2) is 6.55. The lowest BCUT2D eigenvalue weighted by Gasteiger charge is -2.07. The van der Waals surface area contributed by atoms with Gasteiger partial charge in [-0.2, -0.15) is 0 Å². The van der Waals surface area contributed by atoms with Gasteiger partial charge in [-0.15, -0.1) is 11.8 Å². The molecule has 0 saturated carbocycles. The highest BCUT2D eigenvalue weighted by molar-refractivity contribution is 7.98. The van der Waals surface area contributed by atoms with Crippen LogP contribution < -0.4 is 0 Å². The van der Waals surface area contributed by atoms with Gasteiger partial charge in [-0.1, -0.05) is 36.8 Å². The van der Waals surface area contributed by atoms with Gasteiger partial charge in [-0.3, -0.25) is 0 Å². The van der Waals surface area contributed by atoms with Crippen LogP contribution in [0.2, 0.25) is 5.02 Å². The molecule has 2 aromatic rings. The lowest BCUT2D eigenvalue weighted by molar-refractivity contribution is 0.910. The quantitative estimate of drug-likeness (QED) is 0.639. The second-order valence-corrected chi connectivity index (χ2v) is 6.06. The fourth-order valence-electron chi connectivity index (χ4n) is 1.76. The first kappa shape index (κ1) is 14.6. The zero-order valence-electron chi connectivity index (χ0n) is 10.9. The maximum Gasteiger partial charge on any atom is 0.132 e. The lowest BCUT2D eigenvalue weighted by atomic mass is 10.2. The second-order valence-electron chi connectivity index (χ2n) is 4.19. The molecule has 2 nitrogen and oxygen atoms in total. The minimum Gasteiger partial charge on any atom is -0.346 e. The molecular formula is C14H15ClN2S2. The fraction of sp³-hybridized carbons (Fsp3) is 0.286. The number of aromatic nitrogens is 2. The smallest absolute Gasteiger partial charge is 0.132 e. The standard InChI is InChI=1S/C14H15ClN2S2/c1-3-12-9(2)14(18)17-13(16-12)8-19-11-6-4-5-10(15)7-11/h4-7H,3,8H2,1-2H3,(H,16,17,18). The van der Waals surface area contributed by atoms with E-state index >= 15 is 0 Å². The molecule has 19 heavy (non-hydrogen) atoms. The van der Waals surface area contributed by atoms with E-state index in [4.69, 9.17) is 23.8 Å². The average Bonchev–Trinajstić information content (AvgIpc) is 2.40. The molecule has 0 aliphatic carbocycles. The molecule has 0 fully saturated rings. The number of nitrogens with zero attached hydrogens (tertiary/aromatic N) is 1. The summed E-state index contributed by atoms with van der Waals surface area (Å²) < 4.78 is 0.692. The molecule has 0 radical (unpaired) electrons. The number of aryl methyl sites for hydroxylation is 1. The van der Waals surface area contributed by atoms with Crippen molar-refractivity contribution >= 4 is 35.6 Å². The van der Waals surface area contributed by atoms with Crippen molar-refractivity contribution in [2.75, 3.05) is 0 Å². The summed E-state index contributed by atoms with van der Waals surface area (Å²) >= 11 is 12.9. The monoisotopic (exact) mass is 310 g/mol.